The predicted octanol–water partition coefficient (Wildman–Crippen LogP) is 2.45. The molecule has 0 aliphatic rings. The van der Waals surface area contributed by atoms with Gasteiger partial charge < -0.3 is 15.9 Å². The molecule has 0 aliphatic heterocycles. The molecule has 1 aromatic carbocycles. The van der Waals surface area contributed by atoms with Crippen molar-refractivity contribution in [1.29, 1.82) is 0 Å². The highest BCUT2D eigenvalue weighted by molar-refractivity contribution is 7.99. The van der Waals surface area contributed by atoms with E-state index < -0.39 is 0 Å². The number of hydrogen-bond acceptors (Lipinski definition) is 6. The van der Waals surface area contributed by atoms with E-state index in [1.54, 1.807) is 0 Å². The summed E-state index contributed by atoms with van der Waals surface area (Å²) in [6.07, 6.45) is 1.84. The Morgan fingerprint density at radius 3 is 2.52 bits per heavy atom. The van der Waals surface area contributed by atoms with Crippen LogP contribution in [0, 0.1) is 0 Å². The van der Waals surface area contributed by atoms with Crippen molar-refractivity contribution in [1.82, 2.24) is 20.2 Å². The molecule has 0 saturated heterocycles. The van der Waals surface area contributed by atoms with Crippen LogP contribution < -0.4 is 15.9 Å². The van der Waals surface area contributed by atoms with Gasteiger partial charge in [0.2, 0.25) is 11.1 Å². The fourth-order valence-corrected chi connectivity index (χ4v) is 3.00. The van der Waals surface area contributed by atoms with Crippen LogP contribution in [-0.4, -0.2) is 39.2 Å². The summed E-state index contributed by atoms with van der Waals surface area (Å²) in [5.74, 6) is 7.66. The molecule has 8 heteroatoms. The summed E-state index contributed by atoms with van der Waals surface area (Å²) in [5, 5.41) is 11.7. The molecule has 3 N–H and O–H groups in total. The molecule has 136 valence electrons. The normalized spacial score (nSPS) is 10.9. The highest BCUT2D eigenvalue weighted by atomic mass is 32.2. The predicted molar refractivity (Wildman–Crippen MR) is 100 cm³/mol. The molecule has 2 aromatic rings. The van der Waals surface area contributed by atoms with E-state index in [1.165, 1.54) is 16.4 Å². The van der Waals surface area contributed by atoms with Gasteiger partial charge in [0.15, 0.2) is 5.82 Å². The van der Waals surface area contributed by atoms with Crippen molar-refractivity contribution in [3.05, 3.63) is 24.3 Å². The van der Waals surface area contributed by atoms with Crippen molar-refractivity contribution < 1.29 is 9.53 Å². The third-order valence-electron chi connectivity index (χ3n) is 3.77. The van der Waals surface area contributed by atoms with Crippen LogP contribution in [0.25, 0.3) is 11.4 Å². The summed E-state index contributed by atoms with van der Waals surface area (Å²) in [4.78, 5) is 12.0. The van der Waals surface area contributed by atoms with Crippen LogP contribution in [0.4, 0.5) is 0 Å². The Hall–Kier alpha value is -2.22. The summed E-state index contributed by atoms with van der Waals surface area (Å²) in [6, 6.07) is 7.70. The second-order valence-electron chi connectivity index (χ2n) is 5.50. The molecule has 0 radical (unpaired) electrons. The molecule has 0 spiro atoms. The maximum atomic E-state index is 12.0. The van der Waals surface area contributed by atoms with Crippen LogP contribution in [0.5, 0.6) is 5.75 Å². The number of amides is 1. The molecular weight excluding hydrogens is 338 g/mol. The SMILES string of the molecule is CCOc1ccc(-c2nnc(SCC(=O)NC(CC)CC)n2N)cc1. The summed E-state index contributed by atoms with van der Waals surface area (Å²) < 4.78 is 6.83. The van der Waals surface area contributed by atoms with Gasteiger partial charge in [-0.3, -0.25) is 4.79 Å². The smallest absolute Gasteiger partial charge is 0.230 e. The number of carbonyl (C=O) groups excluding carboxylic acids is 1. The average molecular weight is 363 g/mol. The number of thioether (sulfide) groups is 1. The molecular formula is C17H25N5O2S. The highest BCUT2D eigenvalue weighted by Gasteiger charge is 2.15. The molecule has 25 heavy (non-hydrogen) atoms. The van der Waals surface area contributed by atoms with Crippen LogP contribution in [-0.2, 0) is 4.79 Å². The topological polar surface area (TPSA) is 95.1 Å². The maximum Gasteiger partial charge on any atom is 0.230 e. The van der Waals surface area contributed by atoms with Gasteiger partial charge in [-0.2, -0.15) is 0 Å². The van der Waals surface area contributed by atoms with E-state index >= 15 is 0 Å². The lowest BCUT2D eigenvalue weighted by Gasteiger charge is -2.14. The number of rotatable bonds is 9. The Labute approximate surface area is 152 Å². The molecule has 0 aliphatic carbocycles. The molecule has 0 fully saturated rings. The van der Waals surface area contributed by atoms with Gasteiger partial charge in [-0.15, -0.1) is 10.2 Å². The fourth-order valence-electron chi connectivity index (χ4n) is 2.33. The van der Waals surface area contributed by atoms with Gasteiger partial charge in [0.05, 0.1) is 12.4 Å². The standard InChI is InChI=1S/C17H25N5O2S/c1-4-13(5-2)19-15(23)11-25-17-21-20-16(22(17)18)12-7-9-14(10-8-12)24-6-3/h7-10,13H,4-6,11,18H2,1-3H3,(H,19,23). The number of ether oxygens (including phenoxy) is 1. The van der Waals surface area contributed by atoms with Crippen molar-refractivity contribution in [3.63, 3.8) is 0 Å². The second kappa shape index (κ2) is 9.31. The molecule has 0 atom stereocenters. The number of nitrogen functional groups attached to an aromatic ring is 1. The minimum atomic E-state index is -0.0238. The largest absolute Gasteiger partial charge is 0.494 e. The lowest BCUT2D eigenvalue weighted by molar-refractivity contribution is -0.119. The van der Waals surface area contributed by atoms with Crippen molar-refractivity contribution in [2.75, 3.05) is 18.2 Å². The number of nitrogens with two attached hydrogens (primary N) is 1. The Morgan fingerprint density at radius 1 is 1.24 bits per heavy atom. The molecule has 7 nitrogen and oxygen atoms in total. The Morgan fingerprint density at radius 2 is 1.92 bits per heavy atom. The van der Waals surface area contributed by atoms with Gasteiger partial charge >= 0.3 is 0 Å². The van der Waals surface area contributed by atoms with E-state index in [0.29, 0.717) is 17.6 Å². The molecule has 0 saturated carbocycles. The highest BCUT2D eigenvalue weighted by Crippen LogP contribution is 2.23. The van der Waals surface area contributed by atoms with E-state index in [-0.39, 0.29) is 17.7 Å². The van der Waals surface area contributed by atoms with Crippen LogP contribution in [0.15, 0.2) is 29.4 Å². The zero-order valence-corrected chi connectivity index (χ0v) is 15.7. The minimum absolute atomic E-state index is 0.0238. The lowest BCUT2D eigenvalue weighted by atomic mass is 10.2. The zero-order valence-electron chi connectivity index (χ0n) is 14.9. The van der Waals surface area contributed by atoms with E-state index in [1.807, 2.05) is 31.2 Å². The Kier molecular flexibility index (Phi) is 7.12. The fraction of sp³-hybridized carbons (Fsp3) is 0.471. The summed E-state index contributed by atoms with van der Waals surface area (Å²) in [5.41, 5.74) is 0.840. The van der Waals surface area contributed by atoms with Gasteiger partial charge in [-0.25, -0.2) is 4.68 Å². The minimum Gasteiger partial charge on any atom is -0.494 e. The molecule has 1 amide bonds. The number of benzene rings is 1. The van der Waals surface area contributed by atoms with Crippen LogP contribution in [0.3, 0.4) is 0 Å². The monoisotopic (exact) mass is 363 g/mol. The summed E-state index contributed by atoms with van der Waals surface area (Å²) in [6.45, 7) is 6.67. The first-order valence-electron chi connectivity index (χ1n) is 8.44. The first kappa shape index (κ1) is 19.1. The Bertz CT molecular complexity index is 683. The molecule has 1 heterocycles. The quantitative estimate of drug-likeness (QED) is 0.525. The third-order valence-corrected chi connectivity index (χ3v) is 4.71. The number of nitrogens with zero attached hydrogens (tertiary/aromatic N) is 3. The van der Waals surface area contributed by atoms with Gasteiger partial charge in [0, 0.05) is 11.6 Å². The zero-order chi connectivity index (χ0) is 18.2. The maximum absolute atomic E-state index is 12.0. The van der Waals surface area contributed by atoms with Crippen LogP contribution in [0.1, 0.15) is 33.6 Å². The van der Waals surface area contributed by atoms with Crippen molar-refractivity contribution in [3.8, 4) is 17.1 Å². The van der Waals surface area contributed by atoms with Crippen molar-refractivity contribution in [2.45, 2.75) is 44.8 Å². The van der Waals surface area contributed by atoms with Gasteiger partial charge in [-0.1, -0.05) is 25.6 Å². The molecule has 2 rings (SSSR count). The summed E-state index contributed by atoms with van der Waals surface area (Å²) in [7, 11) is 0. The first-order chi connectivity index (χ1) is 12.1. The number of hydrogen-bond donors (Lipinski definition) is 2. The van der Waals surface area contributed by atoms with Gasteiger partial charge in [0.1, 0.15) is 5.75 Å². The van der Waals surface area contributed by atoms with E-state index in [9.17, 15) is 4.79 Å². The van der Waals surface area contributed by atoms with Gasteiger partial charge in [0.25, 0.3) is 0 Å². The molecule has 0 unspecified atom stereocenters. The summed E-state index contributed by atoms with van der Waals surface area (Å²) >= 11 is 1.27. The second-order valence-corrected chi connectivity index (χ2v) is 6.45. The van der Waals surface area contributed by atoms with E-state index in [2.05, 4.69) is 29.4 Å². The van der Waals surface area contributed by atoms with Crippen LogP contribution >= 0.6 is 11.8 Å². The number of carbonyl (C=O) groups is 1. The van der Waals surface area contributed by atoms with E-state index in [0.717, 1.165) is 24.2 Å². The first-order valence-corrected chi connectivity index (χ1v) is 9.43. The number of nitrogens with one attached hydrogen (secondary N) is 1. The van der Waals surface area contributed by atoms with Crippen molar-refractivity contribution >= 4 is 17.7 Å². The average Bonchev–Trinajstić information content (AvgIpc) is 2.99. The molecule has 0 bridgehead atoms. The third kappa shape index (κ3) is 5.12. The number of aromatic nitrogens is 3. The Balaban J connectivity index is 1.99. The van der Waals surface area contributed by atoms with Crippen LogP contribution in [0.2, 0.25) is 0 Å². The lowest BCUT2D eigenvalue weighted by Crippen LogP contribution is -2.35. The van der Waals surface area contributed by atoms with Gasteiger partial charge in [-0.05, 0) is 44.0 Å². The molecule has 1 aromatic heterocycles. The van der Waals surface area contributed by atoms with Crippen molar-refractivity contribution in [2.24, 2.45) is 0 Å². The van der Waals surface area contributed by atoms with E-state index in [4.69, 9.17) is 10.6 Å².